The van der Waals surface area contributed by atoms with E-state index in [4.69, 9.17) is 11.6 Å². The van der Waals surface area contributed by atoms with Gasteiger partial charge in [0, 0.05) is 44.1 Å². The minimum Gasteiger partial charge on any atom is -0.379 e. The highest BCUT2D eigenvalue weighted by molar-refractivity contribution is 6.34. The number of rotatable bonds is 4. The van der Waals surface area contributed by atoms with Crippen LogP contribution in [0.15, 0.2) is 33.9 Å². The van der Waals surface area contributed by atoms with E-state index in [1.165, 1.54) is 17.7 Å². The monoisotopic (exact) mass is 404 g/mol. The molecular weight excluding hydrogens is 380 g/mol. The molecule has 1 aliphatic heterocycles. The van der Waals surface area contributed by atoms with Crippen molar-refractivity contribution in [2.75, 3.05) is 11.9 Å². The normalized spacial score (nSPS) is 16.9. The maximum absolute atomic E-state index is 12.8. The molecule has 7 nitrogen and oxygen atoms in total. The van der Waals surface area contributed by atoms with Gasteiger partial charge in [0.25, 0.3) is 11.5 Å². The first-order valence-electron chi connectivity index (χ1n) is 9.40. The van der Waals surface area contributed by atoms with Crippen LogP contribution in [0, 0.1) is 0 Å². The number of carbonyl (C=O) groups is 1. The van der Waals surface area contributed by atoms with Gasteiger partial charge in [-0.15, -0.1) is 0 Å². The summed E-state index contributed by atoms with van der Waals surface area (Å²) in [6, 6.07) is 6.84. The van der Waals surface area contributed by atoms with E-state index in [1.807, 2.05) is 4.90 Å². The van der Waals surface area contributed by atoms with Crippen LogP contribution in [-0.4, -0.2) is 32.5 Å². The number of carbonyl (C=O) groups excluding carboxylic acids is 1. The summed E-state index contributed by atoms with van der Waals surface area (Å²) in [6.45, 7) is 3.11. The molecule has 1 aromatic heterocycles. The van der Waals surface area contributed by atoms with Crippen molar-refractivity contribution in [3.8, 4) is 0 Å². The Labute approximate surface area is 168 Å². The summed E-state index contributed by atoms with van der Waals surface area (Å²) in [5.74, 6) is -0.0438. The number of anilines is 1. The molecule has 1 fully saturated rings. The summed E-state index contributed by atoms with van der Waals surface area (Å²) in [4.78, 5) is 38.5. The lowest BCUT2D eigenvalue weighted by atomic mass is 10.0. The molecule has 0 bridgehead atoms. The molecule has 1 aromatic carbocycles. The second-order valence-electron chi connectivity index (χ2n) is 7.27. The summed E-state index contributed by atoms with van der Waals surface area (Å²) in [5.41, 5.74) is 1.03. The van der Waals surface area contributed by atoms with Gasteiger partial charge in [0.15, 0.2) is 0 Å². The van der Waals surface area contributed by atoms with Crippen LogP contribution in [-0.2, 0) is 20.6 Å². The predicted molar refractivity (Wildman–Crippen MR) is 110 cm³/mol. The fourth-order valence-corrected chi connectivity index (χ4v) is 3.75. The Morgan fingerprint density at radius 2 is 1.93 bits per heavy atom. The lowest BCUT2D eigenvalue weighted by Gasteiger charge is -2.33. The molecular formula is C20H25ClN4O3. The fourth-order valence-electron chi connectivity index (χ4n) is 3.49. The van der Waals surface area contributed by atoms with E-state index < -0.39 is 0 Å². The van der Waals surface area contributed by atoms with Gasteiger partial charge in [0.1, 0.15) is 0 Å². The van der Waals surface area contributed by atoms with Gasteiger partial charge in [-0.3, -0.25) is 18.7 Å². The van der Waals surface area contributed by atoms with Gasteiger partial charge >= 0.3 is 5.69 Å². The van der Waals surface area contributed by atoms with Crippen molar-refractivity contribution in [1.29, 1.82) is 0 Å². The maximum Gasteiger partial charge on any atom is 0.330 e. The van der Waals surface area contributed by atoms with Crippen LogP contribution in [0.1, 0.15) is 42.2 Å². The van der Waals surface area contributed by atoms with E-state index in [0.717, 1.165) is 30.4 Å². The van der Waals surface area contributed by atoms with Crippen LogP contribution in [0.5, 0.6) is 0 Å². The first-order chi connectivity index (χ1) is 13.3. The fraction of sp³-hybridized carbons (Fsp3) is 0.450. The van der Waals surface area contributed by atoms with Crippen LogP contribution in [0.25, 0.3) is 0 Å². The van der Waals surface area contributed by atoms with E-state index in [1.54, 1.807) is 25.2 Å². The summed E-state index contributed by atoms with van der Waals surface area (Å²) < 4.78 is 2.48. The van der Waals surface area contributed by atoms with Crippen molar-refractivity contribution in [3.05, 3.63) is 61.4 Å². The summed E-state index contributed by atoms with van der Waals surface area (Å²) in [6.07, 6.45) is 3.17. The second kappa shape index (κ2) is 8.22. The van der Waals surface area contributed by atoms with Crippen LogP contribution in [0.2, 0.25) is 5.02 Å². The Morgan fingerprint density at radius 1 is 1.18 bits per heavy atom. The molecule has 1 N–H and O–H groups in total. The highest BCUT2D eigenvalue weighted by atomic mass is 35.5. The van der Waals surface area contributed by atoms with Crippen molar-refractivity contribution in [1.82, 2.24) is 14.0 Å². The number of nitrogens with zero attached hydrogens (tertiary/aromatic N) is 3. The molecule has 3 rings (SSSR count). The summed E-state index contributed by atoms with van der Waals surface area (Å²) in [5, 5.41) is 3.53. The smallest absolute Gasteiger partial charge is 0.330 e. The molecule has 1 unspecified atom stereocenters. The zero-order chi connectivity index (χ0) is 20.4. The van der Waals surface area contributed by atoms with Gasteiger partial charge in [-0.05, 0) is 44.4 Å². The minimum absolute atomic E-state index is 0.0438. The molecule has 1 saturated heterocycles. The van der Waals surface area contributed by atoms with E-state index in [9.17, 15) is 14.4 Å². The van der Waals surface area contributed by atoms with Gasteiger partial charge in [-0.2, -0.15) is 0 Å². The second-order valence-corrected chi connectivity index (χ2v) is 7.67. The predicted octanol–water partition coefficient (Wildman–Crippen LogP) is 2.36. The molecule has 0 radical (unpaired) electrons. The third kappa shape index (κ3) is 3.99. The van der Waals surface area contributed by atoms with E-state index in [2.05, 4.69) is 12.2 Å². The number of likely N-dealkylation sites (tertiary alicyclic amines) is 1. The standard InChI is InChI=1S/C20H25ClN4O3/c1-13-6-4-5-9-25(13)19(27)16-8-7-14(10-17(16)21)22-12-15-11-18(26)24(3)20(28)23(15)2/h7-8,10-11,13,22H,4-6,9,12H2,1-3H3. The highest BCUT2D eigenvalue weighted by Gasteiger charge is 2.25. The Balaban J connectivity index is 1.75. The largest absolute Gasteiger partial charge is 0.379 e. The number of nitrogens with one attached hydrogen (secondary N) is 1. The summed E-state index contributed by atoms with van der Waals surface area (Å²) in [7, 11) is 3.06. The average molecular weight is 405 g/mol. The van der Waals surface area contributed by atoms with Gasteiger partial charge in [-0.25, -0.2) is 4.79 Å². The van der Waals surface area contributed by atoms with Crippen LogP contribution in [0.4, 0.5) is 5.69 Å². The quantitative estimate of drug-likeness (QED) is 0.848. The number of halogens is 1. The number of aromatic nitrogens is 2. The Bertz CT molecular complexity index is 1010. The average Bonchev–Trinajstić information content (AvgIpc) is 2.68. The van der Waals surface area contributed by atoms with Crippen molar-refractivity contribution in [2.45, 2.75) is 38.8 Å². The molecule has 0 saturated carbocycles. The topological polar surface area (TPSA) is 76.3 Å². The SMILES string of the molecule is CC1CCCCN1C(=O)c1ccc(NCc2cc(=O)n(C)c(=O)n2C)cc1Cl. The van der Waals surface area contributed by atoms with Crippen LogP contribution in [0.3, 0.4) is 0 Å². The van der Waals surface area contributed by atoms with E-state index in [-0.39, 0.29) is 29.7 Å². The molecule has 0 spiro atoms. The Kier molecular flexibility index (Phi) is 5.93. The van der Waals surface area contributed by atoms with Gasteiger partial charge in [0.2, 0.25) is 0 Å². The number of benzene rings is 1. The summed E-state index contributed by atoms with van der Waals surface area (Å²) >= 11 is 6.38. The first-order valence-corrected chi connectivity index (χ1v) is 9.77. The third-order valence-corrected chi connectivity index (χ3v) is 5.68. The minimum atomic E-state index is -0.376. The van der Waals surface area contributed by atoms with Gasteiger partial charge in [0.05, 0.1) is 17.1 Å². The molecule has 1 amide bonds. The molecule has 28 heavy (non-hydrogen) atoms. The third-order valence-electron chi connectivity index (χ3n) is 5.36. The van der Waals surface area contributed by atoms with Crippen molar-refractivity contribution < 1.29 is 4.79 Å². The molecule has 8 heteroatoms. The lowest BCUT2D eigenvalue weighted by Crippen LogP contribution is -2.42. The maximum atomic E-state index is 12.8. The number of piperidine rings is 1. The zero-order valence-corrected chi connectivity index (χ0v) is 17.1. The highest BCUT2D eigenvalue weighted by Crippen LogP contribution is 2.26. The van der Waals surface area contributed by atoms with Crippen molar-refractivity contribution in [3.63, 3.8) is 0 Å². The molecule has 2 heterocycles. The molecule has 2 aromatic rings. The van der Waals surface area contributed by atoms with E-state index in [0.29, 0.717) is 22.0 Å². The zero-order valence-electron chi connectivity index (χ0n) is 16.4. The molecule has 0 aliphatic carbocycles. The number of hydrogen-bond donors (Lipinski definition) is 1. The molecule has 150 valence electrons. The number of hydrogen-bond acceptors (Lipinski definition) is 4. The van der Waals surface area contributed by atoms with Gasteiger partial charge in [-0.1, -0.05) is 11.6 Å². The van der Waals surface area contributed by atoms with Crippen LogP contribution < -0.4 is 16.6 Å². The molecule has 1 aliphatic rings. The van der Waals surface area contributed by atoms with Crippen LogP contribution >= 0.6 is 11.6 Å². The Hall–Kier alpha value is -2.54. The van der Waals surface area contributed by atoms with E-state index >= 15 is 0 Å². The van der Waals surface area contributed by atoms with Gasteiger partial charge < -0.3 is 10.2 Å². The van der Waals surface area contributed by atoms with Crippen molar-refractivity contribution in [2.24, 2.45) is 14.1 Å². The first kappa shape index (κ1) is 20.2. The Morgan fingerprint density at radius 3 is 2.61 bits per heavy atom. The lowest BCUT2D eigenvalue weighted by molar-refractivity contribution is 0.0636. The number of amides is 1. The molecule has 1 atom stereocenters. The van der Waals surface area contributed by atoms with Crippen molar-refractivity contribution >= 4 is 23.2 Å².